The number of hydrogen-bond acceptors (Lipinski definition) is 4. The number of aliphatic hydroxyl groups excluding tert-OH is 1. The first-order chi connectivity index (χ1) is 5.16. The fourth-order valence-electron chi connectivity index (χ4n) is 0.348. The summed E-state index contributed by atoms with van der Waals surface area (Å²) in [6.45, 7) is 0.414. The third-order valence-electron chi connectivity index (χ3n) is 0.740. The number of amides is 1. The maximum absolute atomic E-state index is 9.91. The second-order valence-electron chi connectivity index (χ2n) is 1.61. The Bertz CT molecular complexity index is 138. The van der Waals surface area contributed by atoms with Gasteiger partial charge in [0, 0.05) is 0 Å². The lowest BCUT2D eigenvalue weighted by atomic mass is 10.7. The van der Waals surface area contributed by atoms with Crippen molar-refractivity contribution in [3.05, 3.63) is 0 Å². The van der Waals surface area contributed by atoms with Crippen molar-refractivity contribution < 1.29 is 24.5 Å². The SMILES string of the molecule is O=C(O)CO.O=C1NCCO1. The summed E-state index contributed by atoms with van der Waals surface area (Å²) < 4.78 is 4.40. The summed E-state index contributed by atoms with van der Waals surface area (Å²) in [6.07, 6.45) is -0.296. The molecule has 0 unspecified atom stereocenters. The van der Waals surface area contributed by atoms with Crippen LogP contribution in [0.5, 0.6) is 0 Å². The van der Waals surface area contributed by atoms with Crippen LogP contribution in [0.15, 0.2) is 0 Å². The Labute approximate surface area is 62.8 Å². The Hall–Kier alpha value is -1.30. The Morgan fingerprint density at radius 1 is 1.73 bits per heavy atom. The molecule has 1 aliphatic rings. The summed E-state index contributed by atoms with van der Waals surface area (Å²) in [7, 11) is 0. The molecule has 0 atom stereocenters. The van der Waals surface area contributed by atoms with Gasteiger partial charge in [-0.25, -0.2) is 9.59 Å². The van der Waals surface area contributed by atoms with Crippen molar-refractivity contribution in [3.8, 4) is 0 Å². The van der Waals surface area contributed by atoms with Gasteiger partial charge in [-0.3, -0.25) is 0 Å². The molecule has 6 nitrogen and oxygen atoms in total. The standard InChI is InChI=1S/C3H5NO2.C2H4O3/c5-3-4-1-2-6-3;3-1-2(4)5/h1-2H2,(H,4,5);3H,1H2,(H,4,5). The van der Waals surface area contributed by atoms with Crippen molar-refractivity contribution in [2.75, 3.05) is 19.8 Å². The van der Waals surface area contributed by atoms with E-state index >= 15 is 0 Å². The van der Waals surface area contributed by atoms with Crippen LogP contribution in [0.3, 0.4) is 0 Å². The van der Waals surface area contributed by atoms with Crippen molar-refractivity contribution in [1.82, 2.24) is 5.32 Å². The highest BCUT2D eigenvalue weighted by atomic mass is 16.6. The number of carbonyl (C=O) groups is 2. The first kappa shape index (κ1) is 9.70. The number of carboxylic acids is 1. The van der Waals surface area contributed by atoms with Gasteiger partial charge in [0.25, 0.3) is 0 Å². The van der Waals surface area contributed by atoms with Crippen molar-refractivity contribution >= 4 is 12.1 Å². The molecule has 0 aliphatic carbocycles. The summed E-state index contributed by atoms with van der Waals surface area (Å²) in [5, 5.41) is 17.5. The molecule has 1 aliphatic heterocycles. The van der Waals surface area contributed by atoms with Crippen LogP contribution >= 0.6 is 0 Å². The largest absolute Gasteiger partial charge is 0.480 e. The molecular formula is C5H9NO5. The van der Waals surface area contributed by atoms with E-state index in [2.05, 4.69) is 10.1 Å². The van der Waals surface area contributed by atoms with Crippen LogP contribution in [0.1, 0.15) is 0 Å². The normalized spacial score (nSPS) is 14.1. The van der Waals surface area contributed by atoms with E-state index in [0.29, 0.717) is 13.2 Å². The Morgan fingerprint density at radius 3 is 2.36 bits per heavy atom. The minimum atomic E-state index is -1.19. The fourth-order valence-corrected chi connectivity index (χ4v) is 0.348. The fraction of sp³-hybridized carbons (Fsp3) is 0.600. The van der Waals surface area contributed by atoms with E-state index in [4.69, 9.17) is 15.0 Å². The van der Waals surface area contributed by atoms with Gasteiger partial charge in [0.2, 0.25) is 0 Å². The van der Waals surface area contributed by atoms with E-state index in [0.717, 1.165) is 0 Å². The molecule has 11 heavy (non-hydrogen) atoms. The summed E-state index contributed by atoms with van der Waals surface area (Å²) >= 11 is 0. The quantitative estimate of drug-likeness (QED) is 0.450. The lowest BCUT2D eigenvalue weighted by Gasteiger charge is -1.80. The number of aliphatic carboxylic acids is 1. The minimum Gasteiger partial charge on any atom is -0.480 e. The second-order valence-corrected chi connectivity index (χ2v) is 1.61. The number of carboxylic acid groups (broad SMARTS) is 1. The molecular weight excluding hydrogens is 154 g/mol. The highest BCUT2D eigenvalue weighted by Gasteiger charge is 2.06. The number of hydrogen-bond donors (Lipinski definition) is 3. The number of nitrogens with one attached hydrogen (secondary N) is 1. The average molecular weight is 163 g/mol. The number of carbonyl (C=O) groups excluding carboxylic acids is 1. The average Bonchev–Trinajstić information content (AvgIpc) is 2.41. The molecule has 64 valence electrons. The molecule has 1 rings (SSSR count). The molecule has 0 aromatic carbocycles. The summed E-state index contributed by atoms with van der Waals surface area (Å²) in [5.41, 5.74) is 0. The summed E-state index contributed by atoms with van der Waals surface area (Å²) in [4.78, 5) is 19.0. The van der Waals surface area contributed by atoms with Crippen molar-refractivity contribution in [2.24, 2.45) is 0 Å². The molecule has 1 saturated heterocycles. The Kier molecular flexibility index (Phi) is 4.83. The van der Waals surface area contributed by atoms with Gasteiger partial charge in [-0.05, 0) is 0 Å². The highest BCUT2D eigenvalue weighted by molar-refractivity contribution is 5.68. The molecule has 0 spiro atoms. The molecule has 6 heteroatoms. The molecule has 0 aromatic heterocycles. The van der Waals surface area contributed by atoms with E-state index in [9.17, 15) is 4.79 Å². The van der Waals surface area contributed by atoms with Gasteiger partial charge in [0.15, 0.2) is 0 Å². The molecule has 0 saturated carbocycles. The van der Waals surface area contributed by atoms with Gasteiger partial charge < -0.3 is 20.3 Å². The monoisotopic (exact) mass is 163 g/mol. The van der Waals surface area contributed by atoms with Crippen LogP contribution in [-0.4, -0.2) is 42.0 Å². The zero-order valence-corrected chi connectivity index (χ0v) is 5.74. The lowest BCUT2D eigenvalue weighted by Crippen LogP contribution is -2.11. The number of cyclic esters (lactones) is 1. The third-order valence-corrected chi connectivity index (χ3v) is 0.740. The number of ether oxygens (including phenoxy) is 1. The molecule has 0 aromatic rings. The lowest BCUT2D eigenvalue weighted by molar-refractivity contribution is -0.140. The molecule has 0 radical (unpaired) electrons. The maximum atomic E-state index is 9.91. The van der Waals surface area contributed by atoms with E-state index < -0.39 is 12.6 Å². The van der Waals surface area contributed by atoms with E-state index in [1.54, 1.807) is 0 Å². The number of rotatable bonds is 1. The van der Waals surface area contributed by atoms with Gasteiger partial charge >= 0.3 is 12.1 Å². The number of alkyl carbamates (subject to hydrolysis) is 1. The van der Waals surface area contributed by atoms with Gasteiger partial charge in [0.05, 0.1) is 6.54 Å². The Morgan fingerprint density at radius 2 is 2.27 bits per heavy atom. The van der Waals surface area contributed by atoms with Crippen LogP contribution < -0.4 is 5.32 Å². The van der Waals surface area contributed by atoms with Crippen LogP contribution in [0.25, 0.3) is 0 Å². The summed E-state index contributed by atoms with van der Waals surface area (Å²) in [6, 6.07) is 0. The minimum absolute atomic E-state index is 0.296. The third kappa shape index (κ3) is 6.59. The van der Waals surface area contributed by atoms with E-state index in [1.165, 1.54) is 0 Å². The van der Waals surface area contributed by atoms with E-state index in [-0.39, 0.29) is 6.09 Å². The highest BCUT2D eigenvalue weighted by Crippen LogP contribution is 1.82. The van der Waals surface area contributed by atoms with Crippen molar-refractivity contribution in [1.29, 1.82) is 0 Å². The smallest absolute Gasteiger partial charge is 0.407 e. The maximum Gasteiger partial charge on any atom is 0.407 e. The molecule has 1 amide bonds. The van der Waals surface area contributed by atoms with Gasteiger partial charge in [0.1, 0.15) is 13.2 Å². The van der Waals surface area contributed by atoms with Gasteiger partial charge in [-0.15, -0.1) is 0 Å². The van der Waals surface area contributed by atoms with Gasteiger partial charge in [-0.2, -0.15) is 0 Å². The zero-order valence-electron chi connectivity index (χ0n) is 5.74. The zero-order chi connectivity index (χ0) is 8.69. The van der Waals surface area contributed by atoms with Crippen molar-refractivity contribution in [3.63, 3.8) is 0 Å². The molecule has 1 fully saturated rings. The first-order valence-corrected chi connectivity index (χ1v) is 2.90. The van der Waals surface area contributed by atoms with Crippen LogP contribution in [0, 0.1) is 0 Å². The number of aliphatic hydroxyl groups is 1. The van der Waals surface area contributed by atoms with E-state index in [1.807, 2.05) is 0 Å². The summed E-state index contributed by atoms with van der Waals surface area (Å²) in [5.74, 6) is -1.19. The van der Waals surface area contributed by atoms with Crippen molar-refractivity contribution in [2.45, 2.75) is 0 Å². The Balaban J connectivity index is 0.000000187. The van der Waals surface area contributed by atoms with Crippen LogP contribution in [0.2, 0.25) is 0 Å². The predicted molar refractivity (Wildman–Crippen MR) is 34.1 cm³/mol. The first-order valence-electron chi connectivity index (χ1n) is 2.90. The predicted octanol–water partition coefficient (Wildman–Crippen LogP) is -1.21. The van der Waals surface area contributed by atoms with Crippen LogP contribution in [-0.2, 0) is 9.53 Å². The topological polar surface area (TPSA) is 95.9 Å². The molecule has 1 heterocycles. The van der Waals surface area contributed by atoms with Gasteiger partial charge in [-0.1, -0.05) is 0 Å². The van der Waals surface area contributed by atoms with Crippen LogP contribution in [0.4, 0.5) is 4.79 Å². The molecule has 3 N–H and O–H groups in total. The second kappa shape index (κ2) is 5.48. The molecule has 0 bridgehead atoms.